The number of benzene rings is 3. The number of amides is 2. The van der Waals surface area contributed by atoms with Crippen molar-refractivity contribution in [2.75, 3.05) is 51.1 Å². The Balaban J connectivity index is 0.959. The maximum Gasteiger partial charge on any atom is 0.294 e. The number of hydrogen-bond donors (Lipinski definition) is 6. The van der Waals surface area contributed by atoms with Crippen molar-refractivity contribution in [3.63, 3.8) is 0 Å². The highest BCUT2D eigenvalue weighted by atomic mass is 32.2. The minimum atomic E-state index is -4.56. The second-order valence-electron chi connectivity index (χ2n) is 20.8. The smallest absolute Gasteiger partial charge is 0.294 e. The molecule has 1 aliphatic carbocycles. The first-order valence-electron chi connectivity index (χ1n) is 25.9. The third-order valence-corrected chi connectivity index (χ3v) is 17.3. The molecule has 24 heteroatoms. The number of aromatic hydroxyl groups is 1. The summed E-state index contributed by atoms with van der Waals surface area (Å²) in [5.41, 5.74) is 6.44. The summed E-state index contributed by atoms with van der Waals surface area (Å²) >= 11 is 0. The van der Waals surface area contributed by atoms with Gasteiger partial charge in [0.2, 0.25) is 23.4 Å². The zero-order valence-corrected chi connectivity index (χ0v) is 47.7. The number of unbranched alkanes of at least 4 members (excludes halogenated alkanes) is 1. The average molecular weight is 1160 g/mol. The van der Waals surface area contributed by atoms with E-state index in [0.717, 1.165) is 34.5 Å². The summed E-state index contributed by atoms with van der Waals surface area (Å²) < 4.78 is 116. The van der Waals surface area contributed by atoms with E-state index >= 15 is 0 Å². The van der Waals surface area contributed by atoms with Crippen molar-refractivity contribution in [1.82, 2.24) is 25.0 Å². The van der Waals surface area contributed by atoms with Gasteiger partial charge in [-0.2, -0.15) is 29.8 Å². The molecule has 426 valence electrons. The van der Waals surface area contributed by atoms with Crippen LogP contribution in [0, 0.1) is 0 Å². The molecule has 6 N–H and O–H groups in total. The summed E-state index contributed by atoms with van der Waals surface area (Å²) in [6.07, 6.45) is 13.8. The van der Waals surface area contributed by atoms with Gasteiger partial charge in [0.15, 0.2) is 11.4 Å². The Hall–Kier alpha value is -7.22. The van der Waals surface area contributed by atoms with Crippen molar-refractivity contribution in [3.05, 3.63) is 137 Å². The highest BCUT2D eigenvalue weighted by Crippen LogP contribution is 2.49. The number of hydrogen-bond acceptors (Lipinski definition) is 14. The van der Waals surface area contributed by atoms with Crippen LogP contribution in [0.25, 0.3) is 16.9 Å². The topological polar surface area (TPSA) is 296 Å². The molecular formula is C56H66N7O14S3+. The summed E-state index contributed by atoms with van der Waals surface area (Å²) in [6, 6.07) is 16.1. The fourth-order valence-corrected chi connectivity index (χ4v) is 12.2. The van der Waals surface area contributed by atoms with Crippen LogP contribution < -0.4 is 20.3 Å². The van der Waals surface area contributed by atoms with Crippen LogP contribution in [0.5, 0.6) is 11.6 Å². The molecule has 80 heavy (non-hydrogen) atoms. The maximum absolute atomic E-state index is 13.4. The monoisotopic (exact) mass is 1160 g/mol. The van der Waals surface area contributed by atoms with Crippen LogP contribution in [0.2, 0.25) is 0 Å². The summed E-state index contributed by atoms with van der Waals surface area (Å²) in [6.45, 7) is 8.51. The molecule has 0 saturated heterocycles. The Morgan fingerprint density at radius 2 is 1.45 bits per heavy atom. The summed E-state index contributed by atoms with van der Waals surface area (Å²) in [4.78, 5) is 36.6. The molecule has 4 heterocycles. The molecule has 0 radical (unpaired) electrons. The highest BCUT2D eigenvalue weighted by Gasteiger charge is 2.45. The molecule has 3 aromatic carbocycles. The molecule has 21 nitrogen and oxygen atoms in total. The number of nitrogens with zero attached hydrogens (tertiary/aromatic N) is 5. The lowest BCUT2D eigenvalue weighted by atomic mass is 9.81. The Kier molecular flexibility index (Phi) is 17.3. The zero-order chi connectivity index (χ0) is 58.0. The number of carbonyl (C=O) groups is 2. The van der Waals surface area contributed by atoms with Crippen molar-refractivity contribution < 1.29 is 67.7 Å². The fourth-order valence-electron chi connectivity index (χ4n) is 10.6. The number of aromatic nitrogens is 3. The largest absolute Gasteiger partial charge is 0.497 e. The molecule has 2 aliphatic heterocycles. The summed E-state index contributed by atoms with van der Waals surface area (Å²) in [5.74, 6) is 0.203. The molecule has 0 spiro atoms. The number of methoxy groups -OCH3 is 2. The number of carbonyl (C=O) groups excluding carboxylic acids is 2. The number of imidazole rings is 1. The van der Waals surface area contributed by atoms with Crippen LogP contribution in [0.1, 0.15) is 89.5 Å². The Labute approximate surface area is 465 Å². The van der Waals surface area contributed by atoms with Crippen LogP contribution in [0.4, 0.5) is 11.4 Å². The number of anilines is 1. The molecule has 0 unspecified atom stereocenters. The first kappa shape index (κ1) is 58.9. The van der Waals surface area contributed by atoms with Gasteiger partial charge in [-0.15, -0.1) is 0 Å². The van der Waals surface area contributed by atoms with Gasteiger partial charge in [0.25, 0.3) is 30.4 Å². The molecule has 0 fully saturated rings. The predicted molar refractivity (Wildman–Crippen MR) is 300 cm³/mol. The first-order valence-corrected chi connectivity index (χ1v) is 30.4. The van der Waals surface area contributed by atoms with E-state index in [4.69, 9.17) is 9.47 Å². The second-order valence-corrected chi connectivity index (χ2v) is 25.2. The van der Waals surface area contributed by atoms with Crippen molar-refractivity contribution in [3.8, 4) is 22.9 Å². The molecule has 2 aromatic heterocycles. The molecule has 8 rings (SSSR count). The molecule has 0 bridgehead atoms. The number of fused-ring (bicyclic) bond motifs is 3. The average Bonchev–Trinajstić information content (AvgIpc) is 4.00. The predicted octanol–water partition coefficient (Wildman–Crippen LogP) is 7.15. The lowest BCUT2D eigenvalue weighted by molar-refractivity contribution is -0.438. The molecular weight excluding hydrogens is 1090 g/mol. The summed E-state index contributed by atoms with van der Waals surface area (Å²) in [7, 11) is -10.1. The van der Waals surface area contributed by atoms with E-state index in [1.54, 1.807) is 38.7 Å². The van der Waals surface area contributed by atoms with Gasteiger partial charge in [-0.25, -0.2) is 4.98 Å². The number of rotatable bonds is 22. The Morgan fingerprint density at radius 1 is 0.787 bits per heavy atom. The Morgan fingerprint density at radius 3 is 2.10 bits per heavy atom. The van der Waals surface area contributed by atoms with Crippen molar-refractivity contribution >= 4 is 64.9 Å². The minimum absolute atomic E-state index is 0.0194. The SMILES string of the molecule is COC1=C(/C=C/C2=[N+](CCCCS(=O)(=O)O)c3ccc(S(=O)(=O)O)cc3C2(C)C)CCC/C1=C\C=C1\N(CCC(=O)NCCNC(=O)CCc2nc3cnc(-c4ccc(OC)cc4)cn3c2O)c2ccc(S(=O)(=O)O)cc2C1(C)C. The lowest BCUT2D eigenvalue weighted by Crippen LogP contribution is -2.36. The van der Waals surface area contributed by atoms with Crippen LogP contribution in [-0.2, 0) is 61.9 Å². The standard InChI is InChI=1S/C56H65N7O14S3/c1-55(2)42-32-40(79(70,71)72)18-21-46(42)61(29-7-8-31-78(67,68)69)48(55)23-14-37-10-9-11-38(53(37)77-6)15-24-49-56(3,4)43-33-41(80(73,74)75)19-22-47(43)62(49)30-26-52(65)58-28-27-57-51(64)25-20-44-54(66)63-35-45(59-34-50(63)60-44)36-12-16-39(76-5)17-13-36/h12-19,21-24,32-35H,7-11,20,25-31H2,1-6H3,(H5-,57,58,59,64,65,66,67,68,69,70,71,72,73,74,75)/p+1. The first-order chi connectivity index (χ1) is 37.7. The van der Waals surface area contributed by atoms with E-state index in [2.05, 4.69) is 20.6 Å². The fraction of sp³-hybridized carbons (Fsp3) is 0.375. The van der Waals surface area contributed by atoms with E-state index in [1.807, 2.05) is 85.7 Å². The quantitative estimate of drug-likeness (QED) is 0.0228. The minimum Gasteiger partial charge on any atom is -0.497 e. The third-order valence-electron chi connectivity index (χ3n) is 14.8. The normalized spacial score (nSPS) is 17.2. The van der Waals surface area contributed by atoms with Crippen molar-refractivity contribution in [1.29, 1.82) is 0 Å². The number of allylic oxidation sites excluding steroid dienone is 7. The van der Waals surface area contributed by atoms with Crippen LogP contribution in [-0.4, -0.2) is 127 Å². The van der Waals surface area contributed by atoms with Gasteiger partial charge in [-0.05, 0) is 123 Å². The van der Waals surface area contributed by atoms with Crippen LogP contribution in [0.3, 0.4) is 0 Å². The second kappa shape index (κ2) is 23.5. The van der Waals surface area contributed by atoms with Crippen LogP contribution in [0.15, 0.2) is 130 Å². The van der Waals surface area contributed by atoms with Gasteiger partial charge in [0.1, 0.15) is 23.7 Å². The van der Waals surface area contributed by atoms with Gasteiger partial charge in [0, 0.05) is 91.6 Å². The number of ether oxygens (including phenoxy) is 2. The van der Waals surface area contributed by atoms with Gasteiger partial charge in [-0.1, -0.05) is 19.9 Å². The van der Waals surface area contributed by atoms with Crippen molar-refractivity contribution in [2.45, 2.75) is 99.7 Å². The molecule has 3 aliphatic rings. The van der Waals surface area contributed by atoms with Gasteiger partial charge < -0.3 is 30.1 Å². The van der Waals surface area contributed by atoms with Gasteiger partial charge in [0.05, 0.1) is 47.1 Å². The molecule has 0 atom stereocenters. The number of nitrogens with one attached hydrogen (secondary N) is 2. The lowest BCUT2D eigenvalue weighted by Gasteiger charge is -2.27. The van der Waals surface area contributed by atoms with E-state index < -0.39 is 46.9 Å². The third kappa shape index (κ3) is 13.0. The van der Waals surface area contributed by atoms with Gasteiger partial charge >= 0.3 is 0 Å². The molecule has 2 amide bonds. The maximum atomic E-state index is 13.4. The Bertz CT molecular complexity index is 3770. The van der Waals surface area contributed by atoms with Crippen LogP contribution >= 0.6 is 0 Å². The van der Waals surface area contributed by atoms with E-state index in [1.165, 1.54) is 28.7 Å². The molecule has 5 aromatic rings. The summed E-state index contributed by atoms with van der Waals surface area (Å²) in [5, 5.41) is 16.6. The van der Waals surface area contributed by atoms with E-state index in [-0.39, 0.29) is 72.8 Å². The van der Waals surface area contributed by atoms with Gasteiger partial charge in [-0.3, -0.25) is 32.6 Å². The van der Waals surface area contributed by atoms with E-state index in [9.17, 15) is 53.6 Å². The molecule has 0 saturated carbocycles. The zero-order valence-electron chi connectivity index (χ0n) is 45.3. The van der Waals surface area contributed by atoms with E-state index in [0.29, 0.717) is 76.9 Å². The highest BCUT2D eigenvalue weighted by molar-refractivity contribution is 7.86. The van der Waals surface area contributed by atoms with Crippen molar-refractivity contribution in [2.24, 2.45) is 0 Å². The number of aryl methyl sites for hydroxylation is 1.